The topological polar surface area (TPSA) is 46.2 Å². The standard InChI is InChI=1S/C16H21N3O/c1-3-17-9-11-7-13-15(14(8-11)20-2)16-12(10-19-13)5-4-6-18-16/h7-8,10,17-18H,3-6,9H2,1-2H3. The van der Waals surface area contributed by atoms with Crippen molar-refractivity contribution >= 4 is 16.6 Å². The normalized spacial score (nSPS) is 13.9. The smallest absolute Gasteiger partial charge is 0.130 e. The van der Waals surface area contributed by atoms with Gasteiger partial charge in [0.1, 0.15) is 5.75 Å². The number of aromatic nitrogens is 1. The molecule has 4 nitrogen and oxygen atoms in total. The number of rotatable bonds is 4. The zero-order valence-corrected chi connectivity index (χ0v) is 12.1. The number of aryl methyl sites for hydroxylation is 1. The van der Waals surface area contributed by atoms with Gasteiger partial charge in [0.25, 0.3) is 0 Å². The monoisotopic (exact) mass is 271 g/mol. The number of hydrogen-bond donors (Lipinski definition) is 2. The molecule has 0 fully saturated rings. The molecule has 20 heavy (non-hydrogen) atoms. The van der Waals surface area contributed by atoms with Gasteiger partial charge in [0.05, 0.1) is 23.7 Å². The minimum atomic E-state index is 0.842. The van der Waals surface area contributed by atoms with Crippen molar-refractivity contribution in [3.8, 4) is 5.75 Å². The third-order valence-corrected chi connectivity index (χ3v) is 3.80. The maximum absolute atomic E-state index is 5.61. The van der Waals surface area contributed by atoms with Gasteiger partial charge in [-0.2, -0.15) is 0 Å². The lowest BCUT2D eigenvalue weighted by Gasteiger charge is -2.21. The average molecular weight is 271 g/mol. The van der Waals surface area contributed by atoms with Crippen molar-refractivity contribution in [1.29, 1.82) is 0 Å². The van der Waals surface area contributed by atoms with E-state index in [1.54, 1.807) is 7.11 Å². The number of nitrogens with zero attached hydrogens (tertiary/aromatic N) is 1. The van der Waals surface area contributed by atoms with Gasteiger partial charge in [-0.25, -0.2) is 0 Å². The fourth-order valence-electron chi connectivity index (χ4n) is 2.80. The molecular weight excluding hydrogens is 250 g/mol. The van der Waals surface area contributed by atoms with E-state index in [4.69, 9.17) is 4.74 Å². The molecule has 1 aromatic carbocycles. The first kappa shape index (κ1) is 13.2. The third kappa shape index (κ3) is 2.31. The van der Waals surface area contributed by atoms with E-state index in [0.29, 0.717) is 0 Å². The Bertz CT molecular complexity index is 625. The molecule has 2 N–H and O–H groups in total. The first-order valence-electron chi connectivity index (χ1n) is 7.26. The van der Waals surface area contributed by atoms with Crippen molar-refractivity contribution in [2.24, 2.45) is 0 Å². The number of hydrogen-bond acceptors (Lipinski definition) is 4. The molecule has 0 bridgehead atoms. The van der Waals surface area contributed by atoms with Crippen molar-refractivity contribution in [3.05, 3.63) is 29.5 Å². The Balaban J connectivity index is 2.14. The molecule has 0 amide bonds. The Morgan fingerprint density at radius 3 is 3.10 bits per heavy atom. The predicted octanol–water partition coefficient (Wildman–Crippen LogP) is 2.71. The lowest BCUT2D eigenvalue weighted by atomic mass is 10.00. The molecule has 0 radical (unpaired) electrons. The molecule has 3 rings (SSSR count). The highest BCUT2D eigenvalue weighted by atomic mass is 16.5. The summed E-state index contributed by atoms with van der Waals surface area (Å²) in [5.41, 5.74) is 4.71. The van der Waals surface area contributed by atoms with E-state index in [0.717, 1.165) is 42.7 Å². The molecule has 0 saturated heterocycles. The summed E-state index contributed by atoms with van der Waals surface area (Å²) in [7, 11) is 1.73. The fourth-order valence-corrected chi connectivity index (χ4v) is 2.80. The largest absolute Gasteiger partial charge is 0.496 e. The van der Waals surface area contributed by atoms with Gasteiger partial charge >= 0.3 is 0 Å². The Kier molecular flexibility index (Phi) is 3.74. The fraction of sp³-hybridized carbons (Fsp3) is 0.438. The highest BCUT2D eigenvalue weighted by molar-refractivity contribution is 5.98. The first-order chi connectivity index (χ1) is 9.83. The van der Waals surface area contributed by atoms with Crippen LogP contribution in [-0.2, 0) is 13.0 Å². The Morgan fingerprint density at radius 1 is 1.40 bits per heavy atom. The molecule has 2 aromatic rings. The van der Waals surface area contributed by atoms with Crippen molar-refractivity contribution < 1.29 is 4.74 Å². The van der Waals surface area contributed by atoms with Gasteiger partial charge in [-0.15, -0.1) is 0 Å². The maximum atomic E-state index is 5.61. The Labute approximate surface area is 119 Å². The van der Waals surface area contributed by atoms with Gasteiger partial charge in [-0.05, 0) is 42.6 Å². The molecule has 4 heteroatoms. The van der Waals surface area contributed by atoms with Gasteiger partial charge in [0, 0.05) is 19.3 Å². The zero-order chi connectivity index (χ0) is 13.9. The summed E-state index contributed by atoms with van der Waals surface area (Å²) in [6, 6.07) is 4.26. The molecule has 0 unspecified atom stereocenters. The van der Waals surface area contributed by atoms with E-state index < -0.39 is 0 Å². The molecule has 106 valence electrons. The average Bonchev–Trinajstić information content (AvgIpc) is 2.51. The third-order valence-electron chi connectivity index (χ3n) is 3.80. The SMILES string of the molecule is CCNCc1cc(OC)c2c3c(cnc2c1)CCCN3. The van der Waals surface area contributed by atoms with Crippen LogP contribution >= 0.6 is 0 Å². The van der Waals surface area contributed by atoms with Gasteiger partial charge in [0.2, 0.25) is 0 Å². The van der Waals surface area contributed by atoms with Gasteiger partial charge in [-0.1, -0.05) is 6.92 Å². The number of methoxy groups -OCH3 is 1. The van der Waals surface area contributed by atoms with Crippen molar-refractivity contribution in [3.63, 3.8) is 0 Å². The molecule has 0 atom stereocenters. The molecule has 0 saturated carbocycles. The number of ether oxygens (including phenoxy) is 1. The van der Waals surface area contributed by atoms with Crippen LogP contribution in [0.25, 0.3) is 10.9 Å². The van der Waals surface area contributed by atoms with Crippen LogP contribution in [0.4, 0.5) is 5.69 Å². The van der Waals surface area contributed by atoms with E-state index in [-0.39, 0.29) is 0 Å². The van der Waals surface area contributed by atoms with Gasteiger partial charge < -0.3 is 15.4 Å². The second-order valence-electron chi connectivity index (χ2n) is 5.16. The number of benzene rings is 1. The van der Waals surface area contributed by atoms with Crippen LogP contribution < -0.4 is 15.4 Å². The first-order valence-corrected chi connectivity index (χ1v) is 7.26. The molecular formula is C16H21N3O. The lowest BCUT2D eigenvalue weighted by molar-refractivity contribution is 0.419. The summed E-state index contributed by atoms with van der Waals surface area (Å²) < 4.78 is 5.61. The number of anilines is 1. The Morgan fingerprint density at radius 2 is 2.30 bits per heavy atom. The van der Waals surface area contributed by atoms with Crippen LogP contribution in [0.3, 0.4) is 0 Å². The van der Waals surface area contributed by atoms with Crippen LogP contribution in [-0.4, -0.2) is 25.2 Å². The lowest BCUT2D eigenvalue weighted by Crippen LogP contribution is -2.14. The summed E-state index contributed by atoms with van der Waals surface area (Å²) in [5, 5.41) is 7.97. The summed E-state index contributed by atoms with van der Waals surface area (Å²) in [4.78, 5) is 4.62. The molecule has 0 spiro atoms. The number of pyridine rings is 1. The summed E-state index contributed by atoms with van der Waals surface area (Å²) in [5.74, 6) is 0.911. The van der Waals surface area contributed by atoms with Crippen molar-refractivity contribution in [1.82, 2.24) is 10.3 Å². The second kappa shape index (κ2) is 5.67. The van der Waals surface area contributed by atoms with E-state index in [2.05, 4.69) is 34.7 Å². The van der Waals surface area contributed by atoms with E-state index >= 15 is 0 Å². The second-order valence-corrected chi connectivity index (χ2v) is 5.16. The van der Waals surface area contributed by atoms with Crippen LogP contribution in [0, 0.1) is 0 Å². The van der Waals surface area contributed by atoms with E-state index in [1.165, 1.54) is 23.2 Å². The Hall–Kier alpha value is -1.81. The summed E-state index contributed by atoms with van der Waals surface area (Å²) in [6.45, 7) is 4.93. The predicted molar refractivity (Wildman–Crippen MR) is 82.5 cm³/mol. The van der Waals surface area contributed by atoms with E-state index in [9.17, 15) is 0 Å². The van der Waals surface area contributed by atoms with Crippen LogP contribution in [0.1, 0.15) is 24.5 Å². The quantitative estimate of drug-likeness (QED) is 0.897. The molecule has 1 aliphatic rings. The summed E-state index contributed by atoms with van der Waals surface area (Å²) in [6.07, 6.45) is 4.26. The van der Waals surface area contributed by atoms with Crippen LogP contribution in [0.5, 0.6) is 5.75 Å². The highest BCUT2D eigenvalue weighted by Gasteiger charge is 2.16. The van der Waals surface area contributed by atoms with E-state index in [1.807, 2.05) is 6.20 Å². The molecule has 1 aliphatic heterocycles. The molecule has 0 aliphatic carbocycles. The minimum Gasteiger partial charge on any atom is -0.496 e. The number of fused-ring (bicyclic) bond motifs is 3. The molecule has 2 heterocycles. The van der Waals surface area contributed by atoms with Crippen LogP contribution in [0.15, 0.2) is 18.3 Å². The van der Waals surface area contributed by atoms with Crippen molar-refractivity contribution in [2.45, 2.75) is 26.3 Å². The molecule has 1 aromatic heterocycles. The van der Waals surface area contributed by atoms with Crippen molar-refractivity contribution in [2.75, 3.05) is 25.5 Å². The van der Waals surface area contributed by atoms with Crippen LogP contribution in [0.2, 0.25) is 0 Å². The van der Waals surface area contributed by atoms with Gasteiger partial charge in [-0.3, -0.25) is 4.98 Å². The van der Waals surface area contributed by atoms with Gasteiger partial charge in [0.15, 0.2) is 0 Å². The number of nitrogens with one attached hydrogen (secondary N) is 2. The maximum Gasteiger partial charge on any atom is 0.130 e. The summed E-state index contributed by atoms with van der Waals surface area (Å²) >= 11 is 0. The highest BCUT2D eigenvalue weighted by Crippen LogP contribution is 2.36. The minimum absolute atomic E-state index is 0.842. The zero-order valence-electron chi connectivity index (χ0n) is 12.1.